The van der Waals surface area contributed by atoms with Gasteiger partial charge in [0.05, 0.1) is 11.4 Å². The molecule has 0 radical (unpaired) electrons. The van der Waals surface area contributed by atoms with Gasteiger partial charge in [-0.3, -0.25) is 0 Å². The third-order valence-electron chi connectivity index (χ3n) is 10.6. The highest BCUT2D eigenvalue weighted by atomic mass is 14.9. The third-order valence-corrected chi connectivity index (χ3v) is 10.6. The fraction of sp³-hybridized carbons (Fsp3) is 0.643. The number of nitrogens with zero attached hydrogens (tertiary/aromatic N) is 2. The van der Waals surface area contributed by atoms with Crippen LogP contribution >= 0.6 is 0 Å². The predicted molar refractivity (Wildman–Crippen MR) is 120 cm³/mol. The summed E-state index contributed by atoms with van der Waals surface area (Å²) in [5.41, 5.74) is 6.60. The minimum atomic E-state index is 0.314. The van der Waals surface area contributed by atoms with E-state index in [4.69, 9.17) is 9.97 Å². The zero-order valence-corrected chi connectivity index (χ0v) is 18.7. The Morgan fingerprint density at radius 1 is 0.933 bits per heavy atom. The van der Waals surface area contributed by atoms with Crippen molar-refractivity contribution in [3.05, 3.63) is 47.9 Å². The smallest absolute Gasteiger partial charge is 0.116 e. The maximum Gasteiger partial charge on any atom is 0.116 e. The average molecular weight is 399 g/mol. The topological polar surface area (TPSA) is 25.8 Å². The van der Waals surface area contributed by atoms with Crippen molar-refractivity contribution in [1.82, 2.24) is 9.97 Å². The van der Waals surface area contributed by atoms with Crippen molar-refractivity contribution in [2.75, 3.05) is 0 Å². The molecule has 30 heavy (non-hydrogen) atoms. The summed E-state index contributed by atoms with van der Waals surface area (Å²) in [6, 6.07) is 11.0. The van der Waals surface area contributed by atoms with Crippen LogP contribution in [0.2, 0.25) is 0 Å². The van der Waals surface area contributed by atoms with E-state index in [2.05, 4.69) is 51.1 Å². The van der Waals surface area contributed by atoms with Crippen molar-refractivity contribution in [3.63, 3.8) is 0 Å². The highest BCUT2D eigenvalue weighted by Crippen LogP contribution is 2.87. The zero-order valence-electron chi connectivity index (χ0n) is 18.7. The third kappa shape index (κ3) is 2.06. The van der Waals surface area contributed by atoms with Crippen LogP contribution in [-0.2, 0) is 5.41 Å². The Labute approximate surface area is 180 Å². The summed E-state index contributed by atoms with van der Waals surface area (Å²) in [4.78, 5) is 9.64. The second-order valence-corrected chi connectivity index (χ2v) is 12.2. The van der Waals surface area contributed by atoms with E-state index in [1.807, 2.05) is 6.33 Å². The molecule has 6 saturated carbocycles. The summed E-state index contributed by atoms with van der Waals surface area (Å²) in [6.45, 7) is 7.45. The van der Waals surface area contributed by atoms with E-state index in [0.29, 0.717) is 16.2 Å². The number of benzene rings is 1. The molecule has 3 unspecified atom stereocenters. The largest absolute Gasteiger partial charge is 0.241 e. The Morgan fingerprint density at radius 2 is 1.67 bits per heavy atom. The first kappa shape index (κ1) is 17.9. The number of rotatable bonds is 3. The van der Waals surface area contributed by atoms with Crippen LogP contribution in [0.1, 0.15) is 70.1 Å². The second kappa shape index (κ2) is 5.56. The number of aromatic nitrogens is 2. The van der Waals surface area contributed by atoms with E-state index in [0.717, 1.165) is 35.3 Å². The highest BCUT2D eigenvalue weighted by molar-refractivity contribution is 5.63. The minimum Gasteiger partial charge on any atom is -0.241 e. The van der Waals surface area contributed by atoms with Gasteiger partial charge >= 0.3 is 0 Å². The van der Waals surface area contributed by atoms with Crippen molar-refractivity contribution in [3.8, 4) is 11.3 Å². The Balaban J connectivity index is 1.28. The van der Waals surface area contributed by atoms with Gasteiger partial charge < -0.3 is 0 Å². The standard InChI is InChI=1S/C28H34N2/c1-17-6-4-5-7-22(17)23-12-24(30-16-29-23)27-13-18-10-20(14-27)28(21(11-18)15-27)25(19-8-9-19)26(28,2)3/h4-7,12,16,18-21,25H,8-11,13-15H2,1-3H3. The molecule has 2 aromatic rings. The van der Waals surface area contributed by atoms with Gasteiger partial charge in [0.1, 0.15) is 6.33 Å². The van der Waals surface area contributed by atoms with Gasteiger partial charge in [-0.15, -0.1) is 0 Å². The van der Waals surface area contributed by atoms with Crippen LogP contribution in [0.3, 0.4) is 0 Å². The highest BCUT2D eigenvalue weighted by Gasteiger charge is 2.82. The monoisotopic (exact) mass is 398 g/mol. The molecular formula is C28H34N2. The van der Waals surface area contributed by atoms with Gasteiger partial charge in [-0.1, -0.05) is 38.1 Å². The molecule has 0 saturated heterocycles. The molecule has 2 heteroatoms. The molecule has 1 aromatic carbocycles. The Morgan fingerprint density at radius 3 is 2.37 bits per heavy atom. The SMILES string of the molecule is Cc1ccccc1-c1cc(C23CC4CC(C2)C2(C(C4)C3)C(C3CC3)C2(C)C)ncn1. The van der Waals surface area contributed by atoms with E-state index in [1.54, 1.807) is 0 Å². The summed E-state index contributed by atoms with van der Waals surface area (Å²) in [6.07, 6.45) is 12.0. The van der Waals surface area contributed by atoms with Crippen LogP contribution in [-0.4, -0.2) is 9.97 Å². The van der Waals surface area contributed by atoms with Crippen molar-refractivity contribution >= 4 is 0 Å². The molecule has 0 aliphatic heterocycles. The molecule has 4 bridgehead atoms. The van der Waals surface area contributed by atoms with Crippen LogP contribution < -0.4 is 0 Å². The molecule has 6 aliphatic rings. The van der Waals surface area contributed by atoms with Gasteiger partial charge in [0.15, 0.2) is 0 Å². The lowest BCUT2D eigenvalue weighted by atomic mass is 9.42. The van der Waals surface area contributed by atoms with Gasteiger partial charge in [0, 0.05) is 11.0 Å². The molecule has 1 aromatic heterocycles. The number of hydrogen-bond acceptors (Lipinski definition) is 2. The second-order valence-electron chi connectivity index (χ2n) is 12.2. The molecule has 3 atom stereocenters. The van der Waals surface area contributed by atoms with Crippen LogP contribution in [0.4, 0.5) is 0 Å². The fourth-order valence-electron chi connectivity index (χ4n) is 9.85. The van der Waals surface area contributed by atoms with E-state index in [-0.39, 0.29) is 0 Å². The number of aryl methyl sites for hydroxylation is 1. The van der Waals surface area contributed by atoms with Gasteiger partial charge in [-0.05, 0) is 104 Å². The quantitative estimate of drug-likeness (QED) is 0.583. The van der Waals surface area contributed by atoms with Crippen LogP contribution in [0.5, 0.6) is 0 Å². The summed E-state index contributed by atoms with van der Waals surface area (Å²) in [5, 5.41) is 0. The number of hydrogen-bond donors (Lipinski definition) is 0. The van der Waals surface area contributed by atoms with E-state index >= 15 is 0 Å². The van der Waals surface area contributed by atoms with E-state index in [1.165, 1.54) is 61.8 Å². The van der Waals surface area contributed by atoms with Crippen molar-refractivity contribution < 1.29 is 0 Å². The Hall–Kier alpha value is -1.70. The van der Waals surface area contributed by atoms with E-state index < -0.39 is 0 Å². The summed E-state index contributed by atoms with van der Waals surface area (Å²) in [5.74, 6) is 4.87. The zero-order chi connectivity index (χ0) is 20.3. The maximum absolute atomic E-state index is 4.94. The summed E-state index contributed by atoms with van der Waals surface area (Å²) >= 11 is 0. The Kier molecular flexibility index (Phi) is 3.32. The average Bonchev–Trinajstić information content (AvgIpc) is 3.62. The molecular weight excluding hydrogens is 364 g/mol. The predicted octanol–water partition coefficient (Wildman–Crippen LogP) is 6.58. The van der Waals surface area contributed by atoms with Gasteiger partial charge in [0.25, 0.3) is 0 Å². The Bertz CT molecular complexity index is 1020. The van der Waals surface area contributed by atoms with Crippen molar-refractivity contribution in [1.29, 1.82) is 0 Å². The first-order chi connectivity index (χ1) is 14.5. The van der Waals surface area contributed by atoms with E-state index in [9.17, 15) is 0 Å². The molecule has 156 valence electrons. The molecule has 1 spiro atoms. The first-order valence-electron chi connectivity index (χ1n) is 12.3. The molecule has 6 fully saturated rings. The molecule has 6 aliphatic carbocycles. The molecule has 0 N–H and O–H groups in total. The summed E-state index contributed by atoms with van der Waals surface area (Å²) < 4.78 is 0. The molecule has 8 rings (SSSR count). The summed E-state index contributed by atoms with van der Waals surface area (Å²) in [7, 11) is 0. The van der Waals surface area contributed by atoms with Gasteiger partial charge in [0.2, 0.25) is 0 Å². The normalized spacial score (nSPS) is 42.6. The molecule has 2 nitrogen and oxygen atoms in total. The van der Waals surface area contributed by atoms with Gasteiger partial charge in [-0.2, -0.15) is 0 Å². The fourth-order valence-corrected chi connectivity index (χ4v) is 9.85. The molecule has 1 heterocycles. The lowest BCUT2D eigenvalue weighted by Crippen LogP contribution is -2.56. The molecule has 0 amide bonds. The van der Waals surface area contributed by atoms with Gasteiger partial charge in [-0.25, -0.2) is 9.97 Å². The van der Waals surface area contributed by atoms with Crippen molar-refractivity contribution in [2.45, 2.75) is 71.1 Å². The lowest BCUT2D eigenvalue weighted by Gasteiger charge is -2.62. The lowest BCUT2D eigenvalue weighted by molar-refractivity contribution is -0.0929. The van der Waals surface area contributed by atoms with Crippen LogP contribution in [0.25, 0.3) is 11.3 Å². The maximum atomic E-state index is 4.94. The van der Waals surface area contributed by atoms with Crippen LogP contribution in [0, 0.1) is 47.3 Å². The van der Waals surface area contributed by atoms with Crippen molar-refractivity contribution in [2.24, 2.45) is 40.4 Å². The first-order valence-corrected chi connectivity index (χ1v) is 12.3. The minimum absolute atomic E-state index is 0.314. The van der Waals surface area contributed by atoms with Crippen LogP contribution in [0.15, 0.2) is 36.7 Å².